The second-order valence-electron chi connectivity index (χ2n) is 3.85. The topological polar surface area (TPSA) is 35.0 Å². The standard InChI is InChI=1S/C13H11Cl2FN2O/c1-19-7-6-10-17-12(14)11(13(15)18-10)8-2-4-9(16)5-3-8/h2-5H,6-7H2,1H3. The summed E-state index contributed by atoms with van der Waals surface area (Å²) < 4.78 is 17.8. The van der Waals surface area contributed by atoms with Crippen molar-refractivity contribution in [3.05, 3.63) is 46.2 Å². The first-order valence-corrected chi connectivity index (χ1v) is 6.34. The molecule has 0 unspecified atom stereocenters. The summed E-state index contributed by atoms with van der Waals surface area (Å²) >= 11 is 12.2. The molecule has 6 heteroatoms. The van der Waals surface area contributed by atoms with Gasteiger partial charge in [-0.3, -0.25) is 0 Å². The average molecular weight is 301 g/mol. The van der Waals surface area contributed by atoms with Gasteiger partial charge in [-0.1, -0.05) is 35.3 Å². The van der Waals surface area contributed by atoms with Crippen molar-refractivity contribution in [1.82, 2.24) is 9.97 Å². The molecule has 0 atom stereocenters. The Labute approximate surface area is 120 Å². The van der Waals surface area contributed by atoms with Gasteiger partial charge in [-0.15, -0.1) is 0 Å². The minimum absolute atomic E-state index is 0.248. The van der Waals surface area contributed by atoms with Crippen LogP contribution in [0.1, 0.15) is 5.82 Å². The number of benzene rings is 1. The Balaban J connectivity index is 2.38. The number of halogens is 3. The average Bonchev–Trinajstić information content (AvgIpc) is 2.38. The lowest BCUT2D eigenvalue weighted by molar-refractivity contribution is 0.200. The van der Waals surface area contributed by atoms with Crippen LogP contribution in [0.5, 0.6) is 0 Å². The van der Waals surface area contributed by atoms with Gasteiger partial charge >= 0.3 is 0 Å². The van der Waals surface area contributed by atoms with E-state index in [-0.39, 0.29) is 16.1 Å². The number of hydrogen-bond donors (Lipinski definition) is 0. The van der Waals surface area contributed by atoms with E-state index in [1.807, 2.05) is 0 Å². The van der Waals surface area contributed by atoms with Crippen LogP contribution in [0.3, 0.4) is 0 Å². The van der Waals surface area contributed by atoms with E-state index in [2.05, 4.69) is 9.97 Å². The van der Waals surface area contributed by atoms with Crippen LogP contribution in [0, 0.1) is 5.82 Å². The molecule has 1 aromatic heterocycles. The van der Waals surface area contributed by atoms with Crippen molar-refractivity contribution in [3.8, 4) is 11.1 Å². The van der Waals surface area contributed by atoms with Gasteiger partial charge < -0.3 is 4.74 Å². The highest BCUT2D eigenvalue weighted by Crippen LogP contribution is 2.32. The second kappa shape index (κ2) is 6.28. The minimum Gasteiger partial charge on any atom is -0.384 e. The zero-order valence-electron chi connectivity index (χ0n) is 10.2. The lowest BCUT2D eigenvalue weighted by Crippen LogP contribution is -2.02. The van der Waals surface area contributed by atoms with Gasteiger partial charge in [0.25, 0.3) is 0 Å². The molecule has 0 N–H and O–H groups in total. The van der Waals surface area contributed by atoms with Crippen LogP contribution in [-0.4, -0.2) is 23.7 Å². The van der Waals surface area contributed by atoms with E-state index < -0.39 is 0 Å². The second-order valence-corrected chi connectivity index (χ2v) is 4.56. The summed E-state index contributed by atoms with van der Waals surface area (Å²) in [5, 5.41) is 0.496. The molecule has 0 radical (unpaired) electrons. The Bertz CT molecular complexity index is 552. The van der Waals surface area contributed by atoms with Crippen molar-refractivity contribution in [2.24, 2.45) is 0 Å². The first kappa shape index (κ1) is 14.2. The molecule has 1 aromatic carbocycles. The molecule has 0 fully saturated rings. The minimum atomic E-state index is -0.325. The predicted molar refractivity (Wildman–Crippen MR) is 73.0 cm³/mol. The van der Waals surface area contributed by atoms with E-state index in [1.165, 1.54) is 12.1 Å². The third-order valence-corrected chi connectivity index (χ3v) is 3.08. The van der Waals surface area contributed by atoms with Gasteiger partial charge in [-0.25, -0.2) is 14.4 Å². The van der Waals surface area contributed by atoms with E-state index in [1.54, 1.807) is 19.2 Å². The Morgan fingerprint density at radius 2 is 1.68 bits per heavy atom. The van der Waals surface area contributed by atoms with E-state index in [9.17, 15) is 4.39 Å². The SMILES string of the molecule is COCCc1nc(Cl)c(-c2ccc(F)cc2)c(Cl)n1. The van der Waals surface area contributed by atoms with Crippen LogP contribution in [0.4, 0.5) is 4.39 Å². The van der Waals surface area contributed by atoms with Crippen molar-refractivity contribution >= 4 is 23.2 Å². The molecule has 0 aliphatic rings. The van der Waals surface area contributed by atoms with Crippen LogP contribution in [0.15, 0.2) is 24.3 Å². The fourth-order valence-electron chi connectivity index (χ4n) is 1.61. The molecule has 0 saturated carbocycles. The maximum absolute atomic E-state index is 12.9. The van der Waals surface area contributed by atoms with Crippen LogP contribution < -0.4 is 0 Å². The quantitative estimate of drug-likeness (QED) is 0.806. The van der Waals surface area contributed by atoms with Gasteiger partial charge in [0, 0.05) is 13.5 Å². The van der Waals surface area contributed by atoms with Crippen LogP contribution in [-0.2, 0) is 11.2 Å². The summed E-state index contributed by atoms with van der Waals surface area (Å²) in [5.74, 6) is 0.191. The third kappa shape index (κ3) is 3.41. The van der Waals surface area contributed by atoms with Crippen molar-refractivity contribution in [2.45, 2.75) is 6.42 Å². The van der Waals surface area contributed by atoms with E-state index in [4.69, 9.17) is 27.9 Å². The molecule has 0 aliphatic carbocycles. The summed E-state index contributed by atoms with van der Waals surface area (Å²) in [6.07, 6.45) is 0.527. The maximum atomic E-state index is 12.9. The summed E-state index contributed by atoms with van der Waals surface area (Å²) in [7, 11) is 1.59. The summed E-state index contributed by atoms with van der Waals surface area (Å²) in [6, 6.07) is 5.84. The van der Waals surface area contributed by atoms with Gasteiger partial charge in [0.15, 0.2) is 0 Å². The number of aromatic nitrogens is 2. The molecule has 0 saturated heterocycles. The molecule has 0 aliphatic heterocycles. The number of ether oxygens (including phenoxy) is 1. The van der Waals surface area contributed by atoms with E-state index in [0.29, 0.717) is 30.0 Å². The Morgan fingerprint density at radius 3 is 2.21 bits per heavy atom. The number of nitrogens with zero attached hydrogens (tertiary/aromatic N) is 2. The number of rotatable bonds is 4. The summed E-state index contributed by atoms with van der Waals surface area (Å²) in [4.78, 5) is 8.33. The Hall–Kier alpha value is -1.23. The molecule has 19 heavy (non-hydrogen) atoms. The van der Waals surface area contributed by atoms with Gasteiger partial charge in [0.2, 0.25) is 0 Å². The smallest absolute Gasteiger partial charge is 0.142 e. The predicted octanol–water partition coefficient (Wildman–Crippen LogP) is 3.78. The van der Waals surface area contributed by atoms with E-state index in [0.717, 1.165) is 0 Å². The highest BCUT2D eigenvalue weighted by molar-refractivity contribution is 6.37. The third-order valence-electron chi connectivity index (χ3n) is 2.53. The molecule has 100 valence electrons. The van der Waals surface area contributed by atoms with E-state index >= 15 is 0 Å². The number of hydrogen-bond acceptors (Lipinski definition) is 3. The lowest BCUT2D eigenvalue weighted by atomic mass is 10.1. The van der Waals surface area contributed by atoms with Gasteiger partial charge in [-0.05, 0) is 17.7 Å². The normalized spacial score (nSPS) is 10.7. The van der Waals surface area contributed by atoms with Crippen LogP contribution in [0.2, 0.25) is 10.3 Å². The van der Waals surface area contributed by atoms with Gasteiger partial charge in [-0.2, -0.15) is 0 Å². The molecular formula is C13H11Cl2FN2O. The van der Waals surface area contributed by atoms with Crippen molar-refractivity contribution in [3.63, 3.8) is 0 Å². The fourth-order valence-corrected chi connectivity index (χ4v) is 2.25. The zero-order chi connectivity index (χ0) is 13.8. The van der Waals surface area contributed by atoms with Crippen molar-refractivity contribution in [1.29, 1.82) is 0 Å². The van der Waals surface area contributed by atoms with Crippen LogP contribution >= 0.6 is 23.2 Å². The first-order chi connectivity index (χ1) is 9.11. The molecule has 2 rings (SSSR count). The Morgan fingerprint density at radius 1 is 1.11 bits per heavy atom. The number of methoxy groups -OCH3 is 1. The molecule has 3 nitrogen and oxygen atoms in total. The van der Waals surface area contributed by atoms with Gasteiger partial charge in [0.05, 0.1) is 12.2 Å². The molecular weight excluding hydrogens is 290 g/mol. The Kier molecular flexibility index (Phi) is 4.69. The highest BCUT2D eigenvalue weighted by atomic mass is 35.5. The first-order valence-electron chi connectivity index (χ1n) is 5.58. The van der Waals surface area contributed by atoms with Crippen LogP contribution in [0.25, 0.3) is 11.1 Å². The lowest BCUT2D eigenvalue weighted by Gasteiger charge is -2.08. The summed E-state index contributed by atoms with van der Waals surface area (Å²) in [6.45, 7) is 0.489. The monoisotopic (exact) mass is 300 g/mol. The largest absolute Gasteiger partial charge is 0.384 e. The molecule has 0 spiro atoms. The van der Waals surface area contributed by atoms with Crippen molar-refractivity contribution in [2.75, 3.05) is 13.7 Å². The van der Waals surface area contributed by atoms with Gasteiger partial charge in [0.1, 0.15) is 21.9 Å². The fraction of sp³-hybridized carbons (Fsp3) is 0.231. The zero-order valence-corrected chi connectivity index (χ0v) is 11.7. The molecule has 0 bridgehead atoms. The van der Waals surface area contributed by atoms with Crippen molar-refractivity contribution < 1.29 is 9.13 Å². The summed E-state index contributed by atoms with van der Waals surface area (Å²) in [5.41, 5.74) is 1.18. The maximum Gasteiger partial charge on any atom is 0.142 e. The highest BCUT2D eigenvalue weighted by Gasteiger charge is 2.13. The molecule has 2 aromatic rings. The molecule has 0 amide bonds. The molecule has 1 heterocycles.